The largest absolute Gasteiger partial charge is 0.491 e. The van der Waals surface area contributed by atoms with Gasteiger partial charge in [0.15, 0.2) is 5.96 Å². The molecule has 0 heterocycles. The van der Waals surface area contributed by atoms with Crippen LogP contribution in [0.25, 0.3) is 0 Å². The quantitative estimate of drug-likeness (QED) is 0.302. The number of guanidine groups is 1. The Hall–Kier alpha value is -1.87. The molecule has 0 bridgehead atoms. The first kappa shape index (κ1) is 26.2. The van der Waals surface area contributed by atoms with Crippen LogP contribution in [0, 0.1) is 12.7 Å². The van der Waals surface area contributed by atoms with Crippen molar-refractivity contribution >= 4 is 29.9 Å². The number of aliphatic imine (C=N–C) groups is 1. The summed E-state index contributed by atoms with van der Waals surface area (Å²) in [5.74, 6) is 1.39. The Morgan fingerprint density at radius 2 is 1.77 bits per heavy atom. The normalized spacial score (nSPS) is 11.4. The number of ether oxygens (including phenoxy) is 1. The third kappa shape index (κ3) is 8.47. The monoisotopic (exact) mass is 528 g/mol. The van der Waals surface area contributed by atoms with Crippen molar-refractivity contribution in [1.82, 2.24) is 15.5 Å². The molecule has 30 heavy (non-hydrogen) atoms. The van der Waals surface area contributed by atoms with Gasteiger partial charge >= 0.3 is 0 Å². The number of aryl methyl sites for hydroxylation is 1. The average Bonchev–Trinajstić information content (AvgIpc) is 2.64. The van der Waals surface area contributed by atoms with Gasteiger partial charge in [-0.2, -0.15) is 0 Å². The lowest BCUT2D eigenvalue weighted by molar-refractivity contribution is 0.239. The minimum atomic E-state index is -0.179. The molecular weight excluding hydrogens is 494 g/mol. The number of hydrogen-bond acceptors (Lipinski definition) is 3. The molecule has 0 unspecified atom stereocenters. The summed E-state index contributed by atoms with van der Waals surface area (Å²) in [5.41, 5.74) is 3.93. The van der Waals surface area contributed by atoms with E-state index in [2.05, 4.69) is 40.7 Å². The molecule has 0 aliphatic carbocycles. The van der Waals surface area contributed by atoms with E-state index >= 15 is 0 Å². The Bertz CT molecular complexity index is 840. The summed E-state index contributed by atoms with van der Waals surface area (Å²) >= 11 is 0. The van der Waals surface area contributed by atoms with Gasteiger partial charge in [-0.05, 0) is 64.2 Å². The highest BCUT2D eigenvalue weighted by Crippen LogP contribution is 2.21. The van der Waals surface area contributed by atoms with E-state index in [1.54, 1.807) is 13.1 Å². The summed E-state index contributed by atoms with van der Waals surface area (Å²) < 4.78 is 19.9. The van der Waals surface area contributed by atoms with Crippen molar-refractivity contribution < 1.29 is 9.13 Å². The number of halogens is 2. The summed E-state index contributed by atoms with van der Waals surface area (Å²) in [5, 5.41) is 6.61. The predicted octanol–water partition coefficient (Wildman–Crippen LogP) is 4.47. The summed E-state index contributed by atoms with van der Waals surface area (Å²) in [7, 11) is 5.59. The zero-order chi connectivity index (χ0) is 21.4. The molecule has 0 aliphatic heterocycles. The number of hydrogen-bond donors (Lipinski definition) is 2. The zero-order valence-electron chi connectivity index (χ0n) is 18.8. The van der Waals surface area contributed by atoms with E-state index in [9.17, 15) is 4.39 Å². The van der Waals surface area contributed by atoms with Crippen molar-refractivity contribution in [2.24, 2.45) is 4.99 Å². The molecule has 0 amide bonds. The van der Waals surface area contributed by atoms with Crippen molar-refractivity contribution in [2.75, 3.05) is 21.1 Å². The Balaban J connectivity index is 0.00000450. The van der Waals surface area contributed by atoms with Crippen LogP contribution in [-0.2, 0) is 19.6 Å². The molecule has 0 saturated carbocycles. The SMILES string of the molecule is CN=C(NCc1ccc(F)c(CN(C)C)c1)NCc1ccc(C)cc1OC(C)C.I. The molecule has 0 atom stereocenters. The molecule has 0 saturated heterocycles. The Labute approximate surface area is 197 Å². The van der Waals surface area contributed by atoms with Crippen LogP contribution in [0.1, 0.15) is 36.1 Å². The second-order valence-corrected chi connectivity index (χ2v) is 7.72. The van der Waals surface area contributed by atoms with Gasteiger partial charge in [-0.15, -0.1) is 24.0 Å². The number of rotatable bonds is 8. The summed E-state index contributed by atoms with van der Waals surface area (Å²) in [6.45, 7) is 7.82. The molecule has 5 nitrogen and oxygen atoms in total. The Morgan fingerprint density at radius 3 is 2.40 bits per heavy atom. The van der Waals surface area contributed by atoms with E-state index < -0.39 is 0 Å². The first-order valence-electron chi connectivity index (χ1n) is 9.91. The minimum Gasteiger partial charge on any atom is -0.491 e. The van der Waals surface area contributed by atoms with Gasteiger partial charge < -0.3 is 20.3 Å². The van der Waals surface area contributed by atoms with Gasteiger partial charge in [-0.1, -0.05) is 18.2 Å². The molecule has 2 aromatic rings. The maximum atomic E-state index is 14.0. The van der Waals surface area contributed by atoms with E-state index in [-0.39, 0.29) is 35.9 Å². The van der Waals surface area contributed by atoms with E-state index in [1.165, 1.54) is 6.07 Å². The molecular formula is C23H34FIN4O. The van der Waals surface area contributed by atoms with Crippen LogP contribution >= 0.6 is 24.0 Å². The topological polar surface area (TPSA) is 48.9 Å². The van der Waals surface area contributed by atoms with Gasteiger partial charge in [0.2, 0.25) is 0 Å². The van der Waals surface area contributed by atoms with Crippen molar-refractivity contribution in [3.63, 3.8) is 0 Å². The Kier molecular flexibility index (Phi) is 11.1. The van der Waals surface area contributed by atoms with Crippen LogP contribution in [0.3, 0.4) is 0 Å². The number of benzene rings is 2. The van der Waals surface area contributed by atoms with Crippen molar-refractivity contribution in [3.8, 4) is 5.75 Å². The maximum absolute atomic E-state index is 14.0. The van der Waals surface area contributed by atoms with Gasteiger partial charge in [-0.25, -0.2) is 4.39 Å². The van der Waals surface area contributed by atoms with E-state index in [0.717, 1.165) is 22.4 Å². The molecule has 0 fully saturated rings. The summed E-state index contributed by atoms with van der Waals surface area (Å²) in [6, 6.07) is 11.4. The first-order chi connectivity index (χ1) is 13.8. The molecule has 2 aromatic carbocycles. The van der Waals surface area contributed by atoms with E-state index in [4.69, 9.17) is 4.74 Å². The number of nitrogens with one attached hydrogen (secondary N) is 2. The molecule has 2 rings (SSSR count). The van der Waals surface area contributed by atoms with Crippen LogP contribution in [-0.4, -0.2) is 38.1 Å². The highest BCUT2D eigenvalue weighted by atomic mass is 127. The minimum absolute atomic E-state index is 0. The predicted molar refractivity (Wildman–Crippen MR) is 133 cm³/mol. The highest BCUT2D eigenvalue weighted by molar-refractivity contribution is 14.0. The summed E-state index contributed by atoms with van der Waals surface area (Å²) in [6.07, 6.45) is 0.114. The van der Waals surface area contributed by atoms with Crippen LogP contribution in [0.4, 0.5) is 4.39 Å². The van der Waals surface area contributed by atoms with Crippen molar-refractivity contribution in [2.45, 2.75) is 46.5 Å². The fraction of sp³-hybridized carbons (Fsp3) is 0.435. The van der Waals surface area contributed by atoms with Crippen molar-refractivity contribution in [3.05, 3.63) is 64.5 Å². The molecule has 0 aliphatic rings. The smallest absolute Gasteiger partial charge is 0.191 e. The standard InChI is InChI=1S/C23H33FN4O.HI/c1-16(2)29-22-11-17(3)7-9-19(22)14-27-23(25-4)26-13-18-8-10-21(24)20(12-18)15-28(5)6;/h7-12,16H,13-15H2,1-6H3,(H2,25,26,27);1H. The molecule has 0 radical (unpaired) electrons. The third-order valence-corrected chi connectivity index (χ3v) is 4.31. The lowest BCUT2D eigenvalue weighted by Gasteiger charge is -2.17. The van der Waals surface area contributed by atoms with Crippen LogP contribution < -0.4 is 15.4 Å². The van der Waals surface area contributed by atoms with Crippen LogP contribution in [0.5, 0.6) is 5.75 Å². The fourth-order valence-electron chi connectivity index (χ4n) is 2.96. The fourth-order valence-corrected chi connectivity index (χ4v) is 2.96. The van der Waals surface area contributed by atoms with Gasteiger partial charge in [0, 0.05) is 37.8 Å². The lowest BCUT2D eigenvalue weighted by atomic mass is 10.1. The maximum Gasteiger partial charge on any atom is 0.191 e. The van der Waals surface area contributed by atoms with Gasteiger partial charge in [0.05, 0.1) is 6.10 Å². The van der Waals surface area contributed by atoms with Gasteiger partial charge in [0.1, 0.15) is 11.6 Å². The molecule has 0 aromatic heterocycles. The van der Waals surface area contributed by atoms with E-state index in [1.807, 2.05) is 38.9 Å². The second kappa shape index (κ2) is 12.7. The van der Waals surface area contributed by atoms with Crippen LogP contribution in [0.15, 0.2) is 41.4 Å². The summed E-state index contributed by atoms with van der Waals surface area (Å²) in [4.78, 5) is 6.24. The molecule has 2 N–H and O–H groups in total. The van der Waals surface area contributed by atoms with Gasteiger partial charge in [-0.3, -0.25) is 4.99 Å². The van der Waals surface area contributed by atoms with Gasteiger partial charge in [0.25, 0.3) is 0 Å². The Morgan fingerprint density at radius 1 is 1.07 bits per heavy atom. The molecule has 166 valence electrons. The second-order valence-electron chi connectivity index (χ2n) is 7.72. The van der Waals surface area contributed by atoms with Crippen molar-refractivity contribution in [1.29, 1.82) is 0 Å². The van der Waals surface area contributed by atoms with E-state index in [0.29, 0.717) is 31.2 Å². The molecule has 0 spiro atoms. The third-order valence-electron chi connectivity index (χ3n) is 4.31. The molecule has 7 heteroatoms. The van der Waals surface area contributed by atoms with Crippen LogP contribution in [0.2, 0.25) is 0 Å². The average molecular weight is 528 g/mol. The lowest BCUT2D eigenvalue weighted by Crippen LogP contribution is -2.36. The first-order valence-corrected chi connectivity index (χ1v) is 9.91. The highest BCUT2D eigenvalue weighted by Gasteiger charge is 2.09. The number of nitrogens with zero attached hydrogens (tertiary/aromatic N) is 2. The zero-order valence-corrected chi connectivity index (χ0v) is 21.1.